The number of aromatic nitrogens is 1. The van der Waals surface area contributed by atoms with Crippen molar-refractivity contribution in [1.82, 2.24) is 4.98 Å². The number of hydrogen-bond donors (Lipinski definition) is 1. The SMILES string of the molecule is O[C@@]1(C(F)(F)F)CC(c2ccc(Cl)cc2)=NN1c1nc(-c2ccc(Cl)cc2)cs1. The van der Waals surface area contributed by atoms with Gasteiger partial charge in [0.15, 0.2) is 0 Å². The predicted molar refractivity (Wildman–Crippen MR) is 109 cm³/mol. The molecule has 0 amide bonds. The van der Waals surface area contributed by atoms with Crippen LogP contribution in [-0.4, -0.2) is 27.7 Å². The molecule has 1 aromatic heterocycles. The number of nitrogens with zero attached hydrogens (tertiary/aromatic N) is 3. The third-order valence-electron chi connectivity index (χ3n) is 4.43. The minimum atomic E-state index is -4.95. The largest absolute Gasteiger partial charge is 0.438 e. The van der Waals surface area contributed by atoms with Crippen LogP contribution in [0.2, 0.25) is 10.0 Å². The summed E-state index contributed by atoms with van der Waals surface area (Å²) in [6.07, 6.45) is -5.68. The summed E-state index contributed by atoms with van der Waals surface area (Å²) in [7, 11) is 0. The molecule has 2 heterocycles. The van der Waals surface area contributed by atoms with Gasteiger partial charge in [-0.15, -0.1) is 11.3 Å². The highest BCUT2D eigenvalue weighted by Gasteiger charge is 2.62. The molecule has 0 unspecified atom stereocenters. The molecule has 1 aliphatic heterocycles. The summed E-state index contributed by atoms with van der Waals surface area (Å²) >= 11 is 12.7. The fourth-order valence-corrected chi connectivity index (χ4v) is 3.99. The van der Waals surface area contributed by atoms with Crippen molar-refractivity contribution in [3.05, 3.63) is 69.5 Å². The van der Waals surface area contributed by atoms with Gasteiger partial charge in [-0.2, -0.15) is 23.3 Å². The van der Waals surface area contributed by atoms with Crippen molar-refractivity contribution in [3.63, 3.8) is 0 Å². The van der Waals surface area contributed by atoms with Gasteiger partial charge in [0.1, 0.15) is 0 Å². The zero-order chi connectivity index (χ0) is 20.8. The molecule has 3 aromatic rings. The van der Waals surface area contributed by atoms with E-state index in [1.54, 1.807) is 53.9 Å². The molecule has 0 saturated carbocycles. The molecular formula is C19H12Cl2F3N3OS. The normalized spacial score (nSPS) is 19.5. The number of hydrogen-bond acceptors (Lipinski definition) is 5. The molecule has 0 aliphatic carbocycles. The molecule has 0 saturated heterocycles. The van der Waals surface area contributed by atoms with E-state index in [-0.39, 0.29) is 10.8 Å². The van der Waals surface area contributed by atoms with Crippen molar-refractivity contribution in [2.75, 3.05) is 5.01 Å². The van der Waals surface area contributed by atoms with Crippen LogP contribution in [0.4, 0.5) is 18.3 Å². The molecule has 4 rings (SSSR count). The maximum absolute atomic E-state index is 13.8. The molecule has 0 spiro atoms. The number of halogens is 5. The van der Waals surface area contributed by atoms with Crippen LogP contribution < -0.4 is 5.01 Å². The van der Waals surface area contributed by atoms with Crippen LogP contribution in [0, 0.1) is 0 Å². The topological polar surface area (TPSA) is 48.7 Å². The predicted octanol–water partition coefficient (Wildman–Crippen LogP) is 5.98. The molecule has 1 aliphatic rings. The second kappa shape index (κ2) is 7.28. The highest BCUT2D eigenvalue weighted by atomic mass is 35.5. The lowest BCUT2D eigenvalue weighted by atomic mass is 10.0. The molecule has 1 atom stereocenters. The molecule has 1 N–H and O–H groups in total. The lowest BCUT2D eigenvalue weighted by Gasteiger charge is -2.32. The number of benzene rings is 2. The Bertz CT molecular complexity index is 1070. The monoisotopic (exact) mass is 457 g/mol. The molecular weight excluding hydrogens is 446 g/mol. The average molecular weight is 458 g/mol. The van der Waals surface area contributed by atoms with Crippen LogP contribution in [-0.2, 0) is 0 Å². The molecule has 0 radical (unpaired) electrons. The number of thiazole rings is 1. The Morgan fingerprint density at radius 1 is 0.966 bits per heavy atom. The standard InChI is InChI=1S/C19H12Cl2F3N3OS/c20-13-5-1-11(2-6-13)15-9-18(28,19(22,23)24)27(26-15)17-25-16(10-29-17)12-3-7-14(21)8-4-12/h1-8,10,28H,9H2/t18-/m1/s1. The second-order valence-corrected chi connectivity index (χ2v) is 8.09. The first-order valence-electron chi connectivity index (χ1n) is 8.31. The Hall–Kier alpha value is -2.13. The van der Waals surface area contributed by atoms with Gasteiger partial charge in [0.05, 0.1) is 17.8 Å². The highest BCUT2D eigenvalue weighted by molar-refractivity contribution is 7.14. The summed E-state index contributed by atoms with van der Waals surface area (Å²) in [5.74, 6) is 0. The summed E-state index contributed by atoms with van der Waals surface area (Å²) in [4.78, 5) is 4.26. The molecule has 0 bridgehead atoms. The average Bonchev–Trinajstić information content (AvgIpc) is 3.28. The summed E-state index contributed by atoms with van der Waals surface area (Å²) in [5, 5.41) is 17.7. The zero-order valence-electron chi connectivity index (χ0n) is 14.5. The Kier molecular flexibility index (Phi) is 5.06. The first kappa shape index (κ1) is 20.2. The molecule has 29 heavy (non-hydrogen) atoms. The van der Waals surface area contributed by atoms with Crippen LogP contribution in [0.15, 0.2) is 59.0 Å². The minimum Gasteiger partial charge on any atom is -0.362 e. The molecule has 0 fully saturated rings. The van der Waals surface area contributed by atoms with Gasteiger partial charge >= 0.3 is 6.18 Å². The summed E-state index contributed by atoms with van der Waals surface area (Å²) in [5.41, 5.74) is -1.52. The highest BCUT2D eigenvalue weighted by Crippen LogP contribution is 2.45. The van der Waals surface area contributed by atoms with Crippen LogP contribution in [0.3, 0.4) is 0 Å². The lowest BCUT2D eigenvalue weighted by Crippen LogP contribution is -2.55. The van der Waals surface area contributed by atoms with Crippen molar-refractivity contribution in [2.45, 2.75) is 18.3 Å². The second-order valence-electron chi connectivity index (χ2n) is 6.38. The smallest absolute Gasteiger partial charge is 0.362 e. The summed E-state index contributed by atoms with van der Waals surface area (Å²) in [6, 6.07) is 13.0. The van der Waals surface area contributed by atoms with E-state index in [0.29, 0.717) is 31.9 Å². The molecule has 4 nitrogen and oxygen atoms in total. The number of aliphatic hydroxyl groups is 1. The van der Waals surface area contributed by atoms with Crippen molar-refractivity contribution >= 4 is 45.4 Å². The van der Waals surface area contributed by atoms with E-state index < -0.39 is 18.3 Å². The molecule has 10 heteroatoms. The van der Waals surface area contributed by atoms with Crippen LogP contribution in [0.1, 0.15) is 12.0 Å². The maximum Gasteiger partial charge on any atom is 0.438 e. The van der Waals surface area contributed by atoms with Gasteiger partial charge in [0.2, 0.25) is 5.13 Å². The number of hydrazone groups is 1. The quantitative estimate of drug-likeness (QED) is 0.525. The van der Waals surface area contributed by atoms with E-state index in [4.69, 9.17) is 23.2 Å². The van der Waals surface area contributed by atoms with Crippen molar-refractivity contribution in [3.8, 4) is 11.3 Å². The fraction of sp³-hybridized carbons (Fsp3) is 0.158. The molecule has 150 valence electrons. The van der Waals surface area contributed by atoms with E-state index >= 15 is 0 Å². The van der Waals surface area contributed by atoms with E-state index in [9.17, 15) is 18.3 Å². The van der Waals surface area contributed by atoms with Gasteiger partial charge in [-0.1, -0.05) is 47.5 Å². The Morgan fingerprint density at radius 3 is 2.07 bits per heavy atom. The summed E-state index contributed by atoms with van der Waals surface area (Å²) in [6.45, 7) is 0. The van der Waals surface area contributed by atoms with Crippen molar-refractivity contribution in [1.29, 1.82) is 0 Å². The fourth-order valence-electron chi connectivity index (χ4n) is 2.89. The Morgan fingerprint density at radius 2 is 1.52 bits per heavy atom. The van der Waals surface area contributed by atoms with E-state index in [1.807, 2.05) is 0 Å². The summed E-state index contributed by atoms with van der Waals surface area (Å²) < 4.78 is 41.4. The van der Waals surface area contributed by atoms with Crippen LogP contribution >= 0.6 is 34.5 Å². The van der Waals surface area contributed by atoms with Gasteiger partial charge in [0.25, 0.3) is 5.72 Å². The van der Waals surface area contributed by atoms with E-state index in [0.717, 1.165) is 11.3 Å². The van der Waals surface area contributed by atoms with Gasteiger partial charge in [-0.25, -0.2) is 4.98 Å². The Labute approximate surface area is 177 Å². The number of rotatable bonds is 3. The minimum absolute atomic E-state index is 0.0706. The first-order valence-corrected chi connectivity index (χ1v) is 9.95. The third kappa shape index (κ3) is 3.73. The zero-order valence-corrected chi connectivity index (χ0v) is 16.8. The molecule has 2 aromatic carbocycles. The van der Waals surface area contributed by atoms with Crippen LogP contribution in [0.5, 0.6) is 0 Å². The maximum atomic E-state index is 13.8. The van der Waals surface area contributed by atoms with Crippen molar-refractivity contribution < 1.29 is 18.3 Å². The van der Waals surface area contributed by atoms with Gasteiger partial charge < -0.3 is 5.11 Å². The van der Waals surface area contributed by atoms with E-state index in [2.05, 4.69) is 10.1 Å². The Balaban J connectivity index is 1.74. The number of anilines is 1. The first-order chi connectivity index (χ1) is 13.7. The van der Waals surface area contributed by atoms with Gasteiger partial charge in [0, 0.05) is 21.0 Å². The van der Waals surface area contributed by atoms with Gasteiger partial charge in [-0.05, 0) is 29.8 Å². The van der Waals surface area contributed by atoms with Gasteiger partial charge in [-0.3, -0.25) is 0 Å². The van der Waals surface area contributed by atoms with Crippen LogP contribution in [0.25, 0.3) is 11.3 Å². The number of alkyl halides is 3. The van der Waals surface area contributed by atoms with E-state index in [1.165, 1.54) is 0 Å². The van der Waals surface area contributed by atoms with Crippen molar-refractivity contribution in [2.24, 2.45) is 5.10 Å². The third-order valence-corrected chi connectivity index (χ3v) is 5.75. The lowest BCUT2D eigenvalue weighted by molar-refractivity contribution is -0.254.